The van der Waals surface area contributed by atoms with E-state index in [1.165, 1.54) is 0 Å². The molecular formula is C14H20BrNO3. The Bertz CT molecular complexity index is 417. The Morgan fingerprint density at radius 1 is 1.42 bits per heavy atom. The summed E-state index contributed by atoms with van der Waals surface area (Å²) < 4.78 is 0.742. The molecule has 0 bridgehead atoms. The predicted molar refractivity (Wildman–Crippen MR) is 79.7 cm³/mol. The van der Waals surface area contributed by atoms with Crippen LogP contribution in [0.3, 0.4) is 0 Å². The third kappa shape index (κ3) is 5.20. The molecule has 0 aliphatic heterocycles. The van der Waals surface area contributed by atoms with Crippen LogP contribution in [0.5, 0.6) is 0 Å². The van der Waals surface area contributed by atoms with Crippen LogP contribution in [0.2, 0.25) is 0 Å². The molecule has 0 fully saturated rings. The summed E-state index contributed by atoms with van der Waals surface area (Å²) in [5.74, 6) is -0.502. The fourth-order valence-electron chi connectivity index (χ4n) is 1.99. The highest BCUT2D eigenvalue weighted by Crippen LogP contribution is 2.24. The van der Waals surface area contributed by atoms with Gasteiger partial charge in [-0.3, -0.25) is 0 Å². The highest BCUT2D eigenvalue weighted by Gasteiger charge is 2.10. The molecule has 3 N–H and O–H groups in total. The van der Waals surface area contributed by atoms with Crippen molar-refractivity contribution >= 4 is 27.6 Å². The first-order chi connectivity index (χ1) is 9.08. The van der Waals surface area contributed by atoms with E-state index in [4.69, 9.17) is 10.2 Å². The second-order valence-corrected chi connectivity index (χ2v) is 5.40. The number of carboxylic acid groups (broad SMARTS) is 1. The second kappa shape index (κ2) is 8.17. The van der Waals surface area contributed by atoms with E-state index in [1.54, 1.807) is 18.2 Å². The largest absolute Gasteiger partial charge is 0.478 e. The average molecular weight is 330 g/mol. The van der Waals surface area contributed by atoms with Gasteiger partial charge in [0.05, 0.1) is 5.56 Å². The van der Waals surface area contributed by atoms with Gasteiger partial charge in [0, 0.05) is 23.3 Å². The van der Waals surface area contributed by atoms with Crippen molar-refractivity contribution in [1.82, 2.24) is 0 Å². The van der Waals surface area contributed by atoms with Crippen LogP contribution in [-0.4, -0.2) is 29.3 Å². The van der Waals surface area contributed by atoms with Gasteiger partial charge in [0.2, 0.25) is 0 Å². The van der Waals surface area contributed by atoms with Crippen molar-refractivity contribution in [3.8, 4) is 0 Å². The van der Waals surface area contributed by atoms with E-state index >= 15 is 0 Å². The molecule has 4 nitrogen and oxygen atoms in total. The van der Waals surface area contributed by atoms with Gasteiger partial charge < -0.3 is 15.5 Å². The van der Waals surface area contributed by atoms with Crippen molar-refractivity contribution in [2.75, 3.05) is 18.5 Å². The number of aromatic carboxylic acids is 1. The smallest absolute Gasteiger partial charge is 0.335 e. The van der Waals surface area contributed by atoms with Crippen LogP contribution in [0.15, 0.2) is 22.7 Å². The van der Waals surface area contributed by atoms with E-state index in [9.17, 15) is 4.79 Å². The van der Waals surface area contributed by atoms with Crippen molar-refractivity contribution < 1.29 is 15.0 Å². The fraction of sp³-hybridized carbons (Fsp3) is 0.500. The highest BCUT2D eigenvalue weighted by molar-refractivity contribution is 9.10. The molecule has 5 heteroatoms. The van der Waals surface area contributed by atoms with Crippen molar-refractivity contribution in [3.05, 3.63) is 28.2 Å². The maximum absolute atomic E-state index is 10.8. The van der Waals surface area contributed by atoms with E-state index in [0.29, 0.717) is 5.92 Å². The van der Waals surface area contributed by atoms with Gasteiger partial charge in [-0.2, -0.15) is 0 Å². The second-order valence-electron chi connectivity index (χ2n) is 4.55. The number of hydrogen-bond acceptors (Lipinski definition) is 3. The van der Waals surface area contributed by atoms with Crippen LogP contribution in [0.25, 0.3) is 0 Å². The number of rotatable bonds is 8. The molecule has 0 saturated carbocycles. The minimum Gasteiger partial charge on any atom is -0.478 e. The Morgan fingerprint density at radius 2 is 2.16 bits per heavy atom. The summed E-state index contributed by atoms with van der Waals surface area (Å²) >= 11 is 3.37. The molecule has 0 aliphatic carbocycles. The van der Waals surface area contributed by atoms with Crippen molar-refractivity contribution in [2.24, 2.45) is 5.92 Å². The Morgan fingerprint density at radius 3 is 2.68 bits per heavy atom. The summed E-state index contributed by atoms with van der Waals surface area (Å²) in [7, 11) is 0. The molecule has 0 heterocycles. The van der Waals surface area contributed by atoms with Crippen molar-refractivity contribution in [1.29, 1.82) is 0 Å². The van der Waals surface area contributed by atoms with Gasteiger partial charge in [0.25, 0.3) is 0 Å². The Kier molecular flexibility index (Phi) is 6.87. The molecule has 0 amide bonds. The Hall–Kier alpha value is -1.07. The zero-order valence-electron chi connectivity index (χ0n) is 11.0. The molecule has 0 radical (unpaired) electrons. The lowest BCUT2D eigenvalue weighted by Crippen LogP contribution is -2.16. The standard InChI is InChI=1S/C14H20BrNO3/c1-2-3-10(6-7-17)9-16-13-5-4-11(14(18)19)8-12(13)15/h4-5,8,10,16-17H,2-3,6-7,9H2,1H3,(H,18,19). The van der Waals surface area contributed by atoms with E-state index in [1.807, 2.05) is 0 Å². The van der Waals surface area contributed by atoms with E-state index in [0.717, 1.165) is 36.0 Å². The lowest BCUT2D eigenvalue weighted by Gasteiger charge is -2.17. The van der Waals surface area contributed by atoms with Crippen LogP contribution in [0, 0.1) is 5.92 Å². The third-order valence-corrected chi connectivity index (χ3v) is 3.69. The SMILES string of the molecule is CCCC(CCO)CNc1ccc(C(=O)O)cc1Br. The number of aliphatic hydroxyl groups is 1. The Labute approximate surface area is 122 Å². The zero-order valence-corrected chi connectivity index (χ0v) is 12.6. The molecule has 1 rings (SSSR count). The van der Waals surface area contributed by atoms with Gasteiger partial charge in [0.1, 0.15) is 0 Å². The minimum absolute atomic E-state index is 0.200. The Balaban J connectivity index is 2.63. The molecule has 1 atom stereocenters. The number of carboxylic acids is 1. The van der Waals surface area contributed by atoms with E-state index in [2.05, 4.69) is 28.2 Å². The predicted octanol–water partition coefficient (Wildman–Crippen LogP) is 3.36. The summed E-state index contributed by atoms with van der Waals surface area (Å²) in [4.78, 5) is 10.8. The summed E-state index contributed by atoms with van der Waals surface area (Å²) in [6, 6.07) is 4.93. The normalized spacial score (nSPS) is 12.2. The van der Waals surface area contributed by atoms with E-state index < -0.39 is 5.97 Å². The third-order valence-electron chi connectivity index (χ3n) is 3.03. The van der Waals surface area contributed by atoms with Crippen LogP contribution in [0.1, 0.15) is 36.5 Å². The maximum Gasteiger partial charge on any atom is 0.335 e. The number of halogens is 1. The first kappa shape index (κ1) is 16.0. The lowest BCUT2D eigenvalue weighted by atomic mass is 10.00. The number of benzene rings is 1. The quantitative estimate of drug-likeness (QED) is 0.684. The number of anilines is 1. The molecule has 0 spiro atoms. The molecule has 0 aromatic heterocycles. The molecule has 106 valence electrons. The topological polar surface area (TPSA) is 69.6 Å². The average Bonchev–Trinajstić information content (AvgIpc) is 2.37. The van der Waals surface area contributed by atoms with Crippen molar-refractivity contribution in [2.45, 2.75) is 26.2 Å². The van der Waals surface area contributed by atoms with Crippen LogP contribution < -0.4 is 5.32 Å². The van der Waals surface area contributed by atoms with Gasteiger partial charge in [-0.05, 0) is 52.9 Å². The van der Waals surface area contributed by atoms with Crippen LogP contribution in [-0.2, 0) is 0 Å². The van der Waals surface area contributed by atoms with Crippen molar-refractivity contribution in [3.63, 3.8) is 0 Å². The lowest BCUT2D eigenvalue weighted by molar-refractivity contribution is 0.0697. The summed E-state index contributed by atoms with van der Waals surface area (Å²) in [6.07, 6.45) is 2.94. The van der Waals surface area contributed by atoms with Crippen LogP contribution >= 0.6 is 15.9 Å². The summed E-state index contributed by atoms with van der Waals surface area (Å²) in [5.41, 5.74) is 1.14. The minimum atomic E-state index is -0.934. The maximum atomic E-state index is 10.8. The first-order valence-electron chi connectivity index (χ1n) is 6.46. The molecule has 1 aromatic carbocycles. The molecule has 0 saturated heterocycles. The summed E-state index contributed by atoms with van der Waals surface area (Å²) in [6.45, 7) is 3.10. The molecule has 19 heavy (non-hydrogen) atoms. The number of carbonyl (C=O) groups is 1. The molecule has 0 aliphatic rings. The van der Waals surface area contributed by atoms with Gasteiger partial charge in [-0.15, -0.1) is 0 Å². The van der Waals surface area contributed by atoms with Crippen LogP contribution in [0.4, 0.5) is 5.69 Å². The van der Waals surface area contributed by atoms with Gasteiger partial charge in [0.15, 0.2) is 0 Å². The van der Waals surface area contributed by atoms with Gasteiger partial charge in [-0.25, -0.2) is 4.79 Å². The van der Waals surface area contributed by atoms with E-state index in [-0.39, 0.29) is 12.2 Å². The number of nitrogens with one attached hydrogen (secondary N) is 1. The molecule has 1 aromatic rings. The molecule has 1 unspecified atom stereocenters. The number of aliphatic hydroxyl groups excluding tert-OH is 1. The number of hydrogen-bond donors (Lipinski definition) is 3. The van der Waals surface area contributed by atoms with Gasteiger partial charge in [-0.1, -0.05) is 13.3 Å². The molecular weight excluding hydrogens is 310 g/mol. The zero-order chi connectivity index (χ0) is 14.3. The summed E-state index contributed by atoms with van der Waals surface area (Å²) in [5, 5.41) is 21.2. The first-order valence-corrected chi connectivity index (χ1v) is 7.25. The highest BCUT2D eigenvalue weighted by atomic mass is 79.9. The van der Waals surface area contributed by atoms with Gasteiger partial charge >= 0.3 is 5.97 Å². The monoisotopic (exact) mass is 329 g/mol. The fourth-order valence-corrected chi connectivity index (χ4v) is 2.50.